The lowest BCUT2D eigenvalue weighted by Crippen LogP contribution is -2.40. The van der Waals surface area contributed by atoms with Crippen LogP contribution in [0.2, 0.25) is 0 Å². The number of carbonyl (C=O) groups is 1. The Balaban J connectivity index is 1.37. The zero-order valence-electron chi connectivity index (χ0n) is 18.3. The summed E-state index contributed by atoms with van der Waals surface area (Å²) in [5, 5.41) is 5.10. The third-order valence-corrected chi connectivity index (χ3v) is 6.41. The first kappa shape index (κ1) is 22.3. The van der Waals surface area contributed by atoms with Gasteiger partial charge in [-0.05, 0) is 67.9 Å². The Kier molecular flexibility index (Phi) is 7.74. The third-order valence-electron chi connectivity index (χ3n) is 5.77. The lowest BCUT2D eigenvalue weighted by Gasteiger charge is -2.35. The minimum atomic E-state index is -0.0772. The summed E-state index contributed by atoms with van der Waals surface area (Å²) in [5.41, 5.74) is 4.51. The largest absolute Gasteiger partial charge is 0.497 e. The molecule has 0 spiro atoms. The number of amides is 1. The summed E-state index contributed by atoms with van der Waals surface area (Å²) >= 11 is 1.55. The highest BCUT2D eigenvalue weighted by Gasteiger charge is 2.23. The number of hydrogen-bond donors (Lipinski definition) is 1. The van der Waals surface area contributed by atoms with Crippen LogP contribution in [0.25, 0.3) is 0 Å². The van der Waals surface area contributed by atoms with E-state index < -0.39 is 0 Å². The molecule has 4 rings (SSSR count). The van der Waals surface area contributed by atoms with Gasteiger partial charge in [0, 0.05) is 17.5 Å². The van der Waals surface area contributed by atoms with Crippen LogP contribution in [0.1, 0.15) is 46.9 Å². The molecule has 1 amide bonds. The van der Waals surface area contributed by atoms with Crippen LogP contribution < -0.4 is 14.8 Å². The van der Waals surface area contributed by atoms with Crippen molar-refractivity contribution in [3.05, 3.63) is 76.2 Å². The van der Waals surface area contributed by atoms with Crippen LogP contribution in [0.3, 0.4) is 0 Å². The molecular formula is C25H29N3O3S. The van der Waals surface area contributed by atoms with E-state index in [0.717, 1.165) is 30.3 Å². The highest BCUT2D eigenvalue weighted by Crippen LogP contribution is 2.26. The van der Waals surface area contributed by atoms with Crippen molar-refractivity contribution in [3.63, 3.8) is 0 Å². The zero-order valence-corrected chi connectivity index (χ0v) is 19.1. The summed E-state index contributed by atoms with van der Waals surface area (Å²) in [6.07, 6.45) is 3.67. The van der Waals surface area contributed by atoms with Crippen LogP contribution in [-0.2, 0) is 6.61 Å². The van der Waals surface area contributed by atoms with Crippen LogP contribution in [0.4, 0.5) is 0 Å². The first-order valence-corrected chi connectivity index (χ1v) is 11.9. The standard InChI is InChI=1S/C25H29N3O3S/c1-30-22-9-5-19(6-10-22)24(28-13-3-2-4-14-28)15-26-25(29)20-7-11-23(12-8-20)31-16-21-17-32-18-27-21/h5-12,17-18,24H,2-4,13-16H2,1H3,(H,26,29)/t24-/m1/s1. The maximum Gasteiger partial charge on any atom is 0.251 e. The minimum absolute atomic E-state index is 0.0772. The molecule has 7 heteroatoms. The van der Waals surface area contributed by atoms with E-state index >= 15 is 0 Å². The van der Waals surface area contributed by atoms with Gasteiger partial charge in [-0.25, -0.2) is 4.98 Å². The number of methoxy groups -OCH3 is 1. The van der Waals surface area contributed by atoms with E-state index in [1.54, 1.807) is 36.1 Å². The molecule has 1 aliphatic heterocycles. The minimum Gasteiger partial charge on any atom is -0.497 e. The second-order valence-corrected chi connectivity index (χ2v) is 8.61. The van der Waals surface area contributed by atoms with Gasteiger partial charge in [0.2, 0.25) is 0 Å². The fourth-order valence-corrected chi connectivity index (χ4v) is 4.52. The predicted octanol–water partition coefficient (Wildman–Crippen LogP) is 4.69. The Morgan fingerprint density at radius 2 is 1.78 bits per heavy atom. The summed E-state index contributed by atoms with van der Waals surface area (Å²) in [6, 6.07) is 15.6. The average Bonchev–Trinajstić information content (AvgIpc) is 3.38. The normalized spacial score (nSPS) is 15.2. The van der Waals surface area contributed by atoms with E-state index in [-0.39, 0.29) is 11.9 Å². The Morgan fingerprint density at radius 1 is 1.06 bits per heavy atom. The molecule has 0 saturated carbocycles. The Bertz CT molecular complexity index is 969. The molecule has 1 atom stereocenters. The van der Waals surface area contributed by atoms with E-state index in [4.69, 9.17) is 9.47 Å². The molecule has 3 aromatic rings. The number of hydrogen-bond acceptors (Lipinski definition) is 6. The molecule has 32 heavy (non-hydrogen) atoms. The topological polar surface area (TPSA) is 63.7 Å². The Morgan fingerprint density at radius 3 is 2.44 bits per heavy atom. The van der Waals surface area contributed by atoms with E-state index in [1.807, 2.05) is 29.6 Å². The lowest BCUT2D eigenvalue weighted by molar-refractivity contribution is 0.0924. The number of piperidine rings is 1. The molecular weight excluding hydrogens is 422 g/mol. The van der Waals surface area contributed by atoms with Crippen molar-refractivity contribution in [1.82, 2.24) is 15.2 Å². The van der Waals surface area contributed by atoms with Gasteiger partial charge in [0.15, 0.2) is 0 Å². The van der Waals surface area contributed by atoms with Crippen molar-refractivity contribution in [2.24, 2.45) is 0 Å². The Hall–Kier alpha value is -2.90. The van der Waals surface area contributed by atoms with E-state index in [0.29, 0.717) is 18.7 Å². The summed E-state index contributed by atoms with van der Waals surface area (Å²) in [7, 11) is 1.67. The summed E-state index contributed by atoms with van der Waals surface area (Å²) in [4.78, 5) is 19.5. The molecule has 1 fully saturated rings. The summed E-state index contributed by atoms with van der Waals surface area (Å²) in [6.45, 7) is 3.09. The summed E-state index contributed by atoms with van der Waals surface area (Å²) < 4.78 is 11.0. The molecule has 1 aliphatic rings. The molecule has 0 radical (unpaired) electrons. The molecule has 1 N–H and O–H groups in total. The number of thiazole rings is 1. The van der Waals surface area contributed by atoms with Crippen LogP contribution >= 0.6 is 11.3 Å². The van der Waals surface area contributed by atoms with Gasteiger partial charge in [0.1, 0.15) is 18.1 Å². The molecule has 0 bridgehead atoms. The first-order valence-electron chi connectivity index (χ1n) is 11.0. The molecule has 2 aromatic carbocycles. The van der Waals surface area contributed by atoms with Gasteiger partial charge in [0.05, 0.1) is 24.4 Å². The third kappa shape index (κ3) is 5.87. The van der Waals surface area contributed by atoms with Crippen LogP contribution in [0.15, 0.2) is 59.4 Å². The van der Waals surface area contributed by atoms with Crippen molar-refractivity contribution < 1.29 is 14.3 Å². The molecule has 0 aliphatic carbocycles. The lowest BCUT2D eigenvalue weighted by atomic mass is 10.0. The van der Waals surface area contributed by atoms with Crippen molar-refractivity contribution in [1.29, 1.82) is 0 Å². The zero-order chi connectivity index (χ0) is 22.2. The molecule has 2 heterocycles. The highest BCUT2D eigenvalue weighted by molar-refractivity contribution is 7.07. The second-order valence-electron chi connectivity index (χ2n) is 7.89. The van der Waals surface area contributed by atoms with Gasteiger partial charge >= 0.3 is 0 Å². The molecule has 1 saturated heterocycles. The van der Waals surface area contributed by atoms with Crippen molar-refractivity contribution in [2.75, 3.05) is 26.7 Å². The van der Waals surface area contributed by atoms with E-state index in [2.05, 4.69) is 27.3 Å². The quantitative estimate of drug-likeness (QED) is 0.511. The number of ether oxygens (including phenoxy) is 2. The van der Waals surface area contributed by atoms with Gasteiger partial charge in [0.25, 0.3) is 5.91 Å². The number of rotatable bonds is 9. The van der Waals surface area contributed by atoms with E-state index in [9.17, 15) is 4.79 Å². The van der Waals surface area contributed by atoms with Gasteiger partial charge in [-0.2, -0.15) is 0 Å². The predicted molar refractivity (Wildman–Crippen MR) is 126 cm³/mol. The number of benzene rings is 2. The van der Waals surface area contributed by atoms with Crippen LogP contribution in [0.5, 0.6) is 11.5 Å². The van der Waals surface area contributed by atoms with Crippen LogP contribution in [-0.4, -0.2) is 42.5 Å². The fraction of sp³-hybridized carbons (Fsp3) is 0.360. The SMILES string of the molecule is COc1ccc([C@@H](CNC(=O)c2ccc(OCc3cscn3)cc2)N2CCCCC2)cc1. The molecule has 0 unspecified atom stereocenters. The van der Waals surface area contributed by atoms with Crippen molar-refractivity contribution in [3.8, 4) is 11.5 Å². The molecule has 168 valence electrons. The van der Waals surface area contributed by atoms with Crippen molar-refractivity contribution >= 4 is 17.2 Å². The maximum absolute atomic E-state index is 12.8. The average molecular weight is 452 g/mol. The van der Waals surface area contributed by atoms with Gasteiger partial charge in [-0.15, -0.1) is 11.3 Å². The number of nitrogens with zero attached hydrogens (tertiary/aromatic N) is 2. The highest BCUT2D eigenvalue weighted by atomic mass is 32.1. The smallest absolute Gasteiger partial charge is 0.251 e. The van der Waals surface area contributed by atoms with Gasteiger partial charge in [-0.1, -0.05) is 18.6 Å². The monoisotopic (exact) mass is 451 g/mol. The second kappa shape index (κ2) is 11.1. The number of aromatic nitrogens is 1. The first-order chi connectivity index (χ1) is 15.7. The van der Waals surface area contributed by atoms with Gasteiger partial charge in [-0.3, -0.25) is 9.69 Å². The molecule has 1 aromatic heterocycles. The number of nitrogens with one attached hydrogen (secondary N) is 1. The number of likely N-dealkylation sites (tertiary alicyclic amines) is 1. The summed E-state index contributed by atoms with van der Waals surface area (Å²) in [5.74, 6) is 1.48. The fourth-order valence-electron chi connectivity index (χ4n) is 3.97. The Labute approximate surface area is 193 Å². The van der Waals surface area contributed by atoms with Crippen LogP contribution in [0, 0.1) is 0 Å². The van der Waals surface area contributed by atoms with Gasteiger partial charge < -0.3 is 14.8 Å². The number of carbonyl (C=O) groups excluding carboxylic acids is 1. The van der Waals surface area contributed by atoms with Crippen molar-refractivity contribution in [2.45, 2.75) is 31.9 Å². The van der Waals surface area contributed by atoms with E-state index in [1.165, 1.54) is 24.8 Å². The molecule has 6 nitrogen and oxygen atoms in total. The maximum atomic E-state index is 12.8.